The van der Waals surface area contributed by atoms with Gasteiger partial charge >= 0.3 is 0 Å². The fourth-order valence-electron chi connectivity index (χ4n) is 2.12. The Morgan fingerprint density at radius 3 is 2.72 bits per heavy atom. The van der Waals surface area contributed by atoms with Crippen LogP contribution in [0.25, 0.3) is 0 Å². The SMILES string of the molecule is COCCCNC(=O)c1cc(C(=O)NCc2ccccc2F)ccn1. The van der Waals surface area contributed by atoms with E-state index in [1.807, 2.05) is 0 Å². The van der Waals surface area contributed by atoms with Gasteiger partial charge in [-0.05, 0) is 24.6 Å². The van der Waals surface area contributed by atoms with Crippen LogP contribution in [0, 0.1) is 5.82 Å². The van der Waals surface area contributed by atoms with Crippen molar-refractivity contribution < 1.29 is 18.7 Å². The van der Waals surface area contributed by atoms with Gasteiger partial charge in [0, 0.05) is 44.1 Å². The number of carbonyl (C=O) groups is 2. The molecule has 2 N–H and O–H groups in total. The molecule has 1 aromatic heterocycles. The number of rotatable bonds is 8. The number of amides is 2. The number of hydrogen-bond donors (Lipinski definition) is 2. The molecule has 0 fully saturated rings. The highest BCUT2D eigenvalue weighted by molar-refractivity contribution is 5.98. The lowest BCUT2D eigenvalue weighted by atomic mass is 10.2. The second kappa shape index (κ2) is 9.48. The number of nitrogens with zero attached hydrogens (tertiary/aromatic N) is 1. The first kappa shape index (κ1) is 18.5. The van der Waals surface area contributed by atoms with Gasteiger partial charge in [-0.25, -0.2) is 4.39 Å². The van der Waals surface area contributed by atoms with E-state index in [2.05, 4.69) is 15.6 Å². The van der Waals surface area contributed by atoms with Crippen LogP contribution < -0.4 is 10.6 Å². The summed E-state index contributed by atoms with van der Waals surface area (Å²) in [7, 11) is 1.59. The zero-order valence-electron chi connectivity index (χ0n) is 13.9. The summed E-state index contributed by atoms with van der Waals surface area (Å²) in [5.41, 5.74) is 0.824. The molecule has 0 atom stereocenters. The summed E-state index contributed by atoms with van der Waals surface area (Å²) < 4.78 is 18.5. The molecule has 0 radical (unpaired) electrons. The topological polar surface area (TPSA) is 80.3 Å². The van der Waals surface area contributed by atoms with E-state index >= 15 is 0 Å². The van der Waals surface area contributed by atoms with Crippen molar-refractivity contribution in [2.45, 2.75) is 13.0 Å². The maximum absolute atomic E-state index is 13.6. The van der Waals surface area contributed by atoms with Gasteiger partial charge in [0.1, 0.15) is 11.5 Å². The van der Waals surface area contributed by atoms with Crippen molar-refractivity contribution in [3.8, 4) is 0 Å². The third-order valence-electron chi connectivity index (χ3n) is 3.46. The number of hydrogen-bond acceptors (Lipinski definition) is 4. The van der Waals surface area contributed by atoms with Crippen LogP contribution in [0.3, 0.4) is 0 Å². The van der Waals surface area contributed by atoms with Crippen LogP contribution in [-0.4, -0.2) is 37.1 Å². The van der Waals surface area contributed by atoms with Crippen LogP contribution in [-0.2, 0) is 11.3 Å². The third kappa shape index (κ3) is 5.65. The molecule has 2 aromatic rings. The summed E-state index contributed by atoms with van der Waals surface area (Å²) in [6, 6.07) is 9.12. The van der Waals surface area contributed by atoms with E-state index in [1.165, 1.54) is 24.4 Å². The zero-order chi connectivity index (χ0) is 18.1. The maximum Gasteiger partial charge on any atom is 0.269 e. The minimum Gasteiger partial charge on any atom is -0.385 e. The molecular weight excluding hydrogens is 325 g/mol. The lowest BCUT2D eigenvalue weighted by Gasteiger charge is -2.08. The Balaban J connectivity index is 1.94. The molecule has 7 heteroatoms. The smallest absolute Gasteiger partial charge is 0.269 e. The number of methoxy groups -OCH3 is 1. The van der Waals surface area contributed by atoms with Crippen LogP contribution in [0.2, 0.25) is 0 Å². The van der Waals surface area contributed by atoms with Crippen LogP contribution in [0.4, 0.5) is 4.39 Å². The van der Waals surface area contributed by atoms with E-state index in [4.69, 9.17) is 4.74 Å². The van der Waals surface area contributed by atoms with Gasteiger partial charge in [-0.1, -0.05) is 18.2 Å². The summed E-state index contributed by atoms with van der Waals surface area (Å²) in [5, 5.41) is 5.33. The van der Waals surface area contributed by atoms with Crippen molar-refractivity contribution in [3.63, 3.8) is 0 Å². The summed E-state index contributed by atoms with van der Waals surface area (Å²) in [6.45, 7) is 1.07. The summed E-state index contributed by atoms with van der Waals surface area (Å²) in [4.78, 5) is 28.2. The normalized spacial score (nSPS) is 10.3. The maximum atomic E-state index is 13.6. The van der Waals surface area contributed by atoms with Crippen molar-refractivity contribution in [2.24, 2.45) is 0 Å². The highest BCUT2D eigenvalue weighted by Crippen LogP contribution is 2.07. The molecule has 2 amide bonds. The zero-order valence-corrected chi connectivity index (χ0v) is 13.9. The lowest BCUT2D eigenvalue weighted by Crippen LogP contribution is -2.27. The summed E-state index contributed by atoms with van der Waals surface area (Å²) in [5.74, 6) is -1.15. The first-order chi connectivity index (χ1) is 12.1. The molecule has 25 heavy (non-hydrogen) atoms. The Bertz CT molecular complexity index is 737. The number of benzene rings is 1. The Morgan fingerprint density at radius 1 is 1.16 bits per heavy atom. The molecule has 2 rings (SSSR count). The number of carbonyl (C=O) groups excluding carboxylic acids is 2. The fourth-order valence-corrected chi connectivity index (χ4v) is 2.12. The van der Waals surface area contributed by atoms with Crippen molar-refractivity contribution in [2.75, 3.05) is 20.3 Å². The standard InChI is InChI=1S/C18H20FN3O3/c1-25-10-4-8-21-18(24)16-11-13(7-9-20-16)17(23)22-12-14-5-2-3-6-15(14)19/h2-3,5-7,9,11H,4,8,10,12H2,1H3,(H,21,24)(H,22,23). The Hall–Kier alpha value is -2.80. The van der Waals surface area contributed by atoms with Gasteiger partial charge < -0.3 is 15.4 Å². The molecule has 0 aliphatic rings. The Labute approximate surface area is 145 Å². The number of aromatic nitrogens is 1. The molecule has 0 bridgehead atoms. The van der Waals surface area contributed by atoms with Gasteiger partial charge in [0.15, 0.2) is 0 Å². The molecule has 132 valence electrons. The third-order valence-corrected chi connectivity index (χ3v) is 3.46. The molecule has 1 aromatic carbocycles. The molecule has 0 aliphatic heterocycles. The van der Waals surface area contributed by atoms with E-state index in [0.29, 0.717) is 25.1 Å². The van der Waals surface area contributed by atoms with Crippen LogP contribution >= 0.6 is 0 Å². The second-order valence-electron chi connectivity index (χ2n) is 5.31. The number of nitrogens with one attached hydrogen (secondary N) is 2. The first-order valence-corrected chi connectivity index (χ1v) is 7.86. The van der Waals surface area contributed by atoms with E-state index in [1.54, 1.807) is 25.3 Å². The minimum absolute atomic E-state index is 0.0619. The summed E-state index contributed by atoms with van der Waals surface area (Å²) >= 11 is 0. The molecule has 1 heterocycles. The molecule has 6 nitrogen and oxygen atoms in total. The van der Waals surface area contributed by atoms with E-state index in [-0.39, 0.29) is 29.5 Å². The van der Waals surface area contributed by atoms with Gasteiger partial charge in [0.25, 0.3) is 11.8 Å². The molecule has 0 saturated heterocycles. The lowest BCUT2D eigenvalue weighted by molar-refractivity contribution is 0.0943. The van der Waals surface area contributed by atoms with Gasteiger partial charge in [-0.15, -0.1) is 0 Å². The van der Waals surface area contributed by atoms with Gasteiger partial charge in [0.2, 0.25) is 0 Å². The summed E-state index contributed by atoms with van der Waals surface area (Å²) in [6.07, 6.45) is 2.08. The predicted molar refractivity (Wildman–Crippen MR) is 90.6 cm³/mol. The van der Waals surface area contributed by atoms with Gasteiger partial charge in [-0.2, -0.15) is 0 Å². The molecule has 0 aliphatic carbocycles. The predicted octanol–water partition coefficient (Wildman–Crippen LogP) is 1.92. The average molecular weight is 345 g/mol. The van der Waals surface area contributed by atoms with Crippen LogP contribution in [0.5, 0.6) is 0 Å². The number of pyridine rings is 1. The van der Waals surface area contributed by atoms with E-state index in [0.717, 1.165) is 0 Å². The monoisotopic (exact) mass is 345 g/mol. The van der Waals surface area contributed by atoms with Crippen molar-refractivity contribution in [3.05, 3.63) is 65.2 Å². The van der Waals surface area contributed by atoms with E-state index < -0.39 is 5.91 Å². The van der Waals surface area contributed by atoms with Crippen LogP contribution in [0.1, 0.15) is 32.8 Å². The highest BCUT2D eigenvalue weighted by Gasteiger charge is 2.12. The van der Waals surface area contributed by atoms with Crippen molar-refractivity contribution in [1.82, 2.24) is 15.6 Å². The van der Waals surface area contributed by atoms with Gasteiger partial charge in [-0.3, -0.25) is 14.6 Å². The van der Waals surface area contributed by atoms with Crippen molar-refractivity contribution >= 4 is 11.8 Å². The number of ether oxygens (including phenoxy) is 1. The fraction of sp³-hybridized carbons (Fsp3) is 0.278. The molecule has 0 spiro atoms. The van der Waals surface area contributed by atoms with Crippen LogP contribution in [0.15, 0.2) is 42.6 Å². The van der Waals surface area contributed by atoms with Crippen molar-refractivity contribution in [1.29, 1.82) is 0 Å². The molecule has 0 unspecified atom stereocenters. The first-order valence-electron chi connectivity index (χ1n) is 7.86. The molecule has 0 saturated carbocycles. The quantitative estimate of drug-likeness (QED) is 0.716. The minimum atomic E-state index is -0.404. The molecular formula is C18H20FN3O3. The second-order valence-corrected chi connectivity index (χ2v) is 5.31. The number of halogens is 1. The largest absolute Gasteiger partial charge is 0.385 e. The Kier molecular flexibility index (Phi) is 7.03. The average Bonchev–Trinajstić information content (AvgIpc) is 2.64. The van der Waals surface area contributed by atoms with E-state index in [9.17, 15) is 14.0 Å². The van der Waals surface area contributed by atoms with Gasteiger partial charge in [0.05, 0.1) is 0 Å². The highest BCUT2D eigenvalue weighted by atomic mass is 19.1. The Morgan fingerprint density at radius 2 is 1.96 bits per heavy atom.